The van der Waals surface area contributed by atoms with Crippen LogP contribution in [0.25, 0.3) is 0 Å². The van der Waals surface area contributed by atoms with Gasteiger partial charge in [0.25, 0.3) is 0 Å². The Morgan fingerprint density at radius 2 is 1.68 bits per heavy atom. The molecule has 0 aliphatic carbocycles. The number of para-hydroxylation sites is 1. The highest BCUT2D eigenvalue weighted by Gasteiger charge is 2.13. The standard InChI is InChI=1S/C19H23NOS/c1-19(2,3)16-11-9-14(10-12-16)18(22)20-13-15-7-5-6-8-17(15)21-4/h5-12H,13H2,1-4H3,(H,20,22). The summed E-state index contributed by atoms with van der Waals surface area (Å²) in [5, 5.41) is 3.30. The van der Waals surface area contributed by atoms with Gasteiger partial charge in [-0.25, -0.2) is 0 Å². The number of rotatable bonds is 4. The smallest absolute Gasteiger partial charge is 0.123 e. The van der Waals surface area contributed by atoms with Crippen molar-refractivity contribution in [3.63, 3.8) is 0 Å². The van der Waals surface area contributed by atoms with Crippen LogP contribution in [0.15, 0.2) is 48.5 Å². The number of thiocarbonyl (C=S) groups is 1. The molecule has 0 radical (unpaired) electrons. The van der Waals surface area contributed by atoms with Gasteiger partial charge < -0.3 is 10.1 Å². The lowest BCUT2D eigenvalue weighted by Crippen LogP contribution is -2.22. The van der Waals surface area contributed by atoms with Crippen LogP contribution in [-0.2, 0) is 12.0 Å². The number of methoxy groups -OCH3 is 1. The monoisotopic (exact) mass is 313 g/mol. The molecule has 2 aromatic carbocycles. The van der Waals surface area contributed by atoms with E-state index in [1.807, 2.05) is 24.3 Å². The van der Waals surface area contributed by atoms with Crippen LogP contribution in [0.5, 0.6) is 5.75 Å². The van der Waals surface area contributed by atoms with E-state index in [1.54, 1.807) is 7.11 Å². The van der Waals surface area contributed by atoms with Crippen molar-refractivity contribution in [2.24, 2.45) is 0 Å². The van der Waals surface area contributed by atoms with Crippen LogP contribution in [0.2, 0.25) is 0 Å². The van der Waals surface area contributed by atoms with Gasteiger partial charge in [-0.3, -0.25) is 0 Å². The molecule has 0 unspecified atom stereocenters. The van der Waals surface area contributed by atoms with E-state index in [2.05, 4.69) is 50.4 Å². The molecular weight excluding hydrogens is 290 g/mol. The summed E-state index contributed by atoms with van der Waals surface area (Å²) in [7, 11) is 1.68. The lowest BCUT2D eigenvalue weighted by Gasteiger charge is -2.19. The first kappa shape index (κ1) is 16.5. The second-order valence-electron chi connectivity index (χ2n) is 6.32. The van der Waals surface area contributed by atoms with Gasteiger partial charge in [-0.15, -0.1) is 0 Å². The van der Waals surface area contributed by atoms with E-state index in [1.165, 1.54) is 5.56 Å². The van der Waals surface area contributed by atoms with Gasteiger partial charge in [0.1, 0.15) is 10.7 Å². The molecule has 0 spiro atoms. The maximum Gasteiger partial charge on any atom is 0.123 e. The first-order chi connectivity index (χ1) is 10.4. The van der Waals surface area contributed by atoms with E-state index in [9.17, 15) is 0 Å². The zero-order valence-corrected chi connectivity index (χ0v) is 14.5. The highest BCUT2D eigenvalue weighted by Crippen LogP contribution is 2.22. The Morgan fingerprint density at radius 1 is 1.05 bits per heavy atom. The highest BCUT2D eigenvalue weighted by molar-refractivity contribution is 7.80. The van der Waals surface area contributed by atoms with Crippen molar-refractivity contribution >= 4 is 17.2 Å². The maximum atomic E-state index is 5.48. The number of hydrogen-bond donors (Lipinski definition) is 1. The summed E-state index contributed by atoms with van der Waals surface area (Å²) in [5.74, 6) is 0.876. The van der Waals surface area contributed by atoms with Crippen molar-refractivity contribution in [2.45, 2.75) is 32.7 Å². The van der Waals surface area contributed by atoms with Crippen LogP contribution in [0, 0.1) is 0 Å². The van der Waals surface area contributed by atoms with Crippen LogP contribution < -0.4 is 10.1 Å². The molecule has 2 rings (SSSR count). The summed E-state index contributed by atoms with van der Waals surface area (Å²) in [5.41, 5.74) is 3.60. The second-order valence-corrected chi connectivity index (χ2v) is 6.73. The molecule has 2 nitrogen and oxygen atoms in total. The Kier molecular flexibility index (Phi) is 5.19. The Balaban J connectivity index is 2.03. The minimum absolute atomic E-state index is 0.158. The van der Waals surface area contributed by atoms with E-state index in [0.29, 0.717) is 6.54 Å². The molecule has 0 heterocycles. The molecule has 0 amide bonds. The zero-order valence-electron chi connectivity index (χ0n) is 13.6. The van der Waals surface area contributed by atoms with Crippen molar-refractivity contribution in [1.82, 2.24) is 5.32 Å². The average molecular weight is 313 g/mol. The molecule has 0 aromatic heterocycles. The number of ether oxygens (including phenoxy) is 1. The third kappa shape index (κ3) is 4.08. The molecule has 0 aliphatic heterocycles. The van der Waals surface area contributed by atoms with Crippen LogP contribution >= 0.6 is 12.2 Å². The lowest BCUT2D eigenvalue weighted by molar-refractivity contribution is 0.409. The summed E-state index contributed by atoms with van der Waals surface area (Å²) in [6, 6.07) is 16.4. The topological polar surface area (TPSA) is 21.3 Å². The highest BCUT2D eigenvalue weighted by atomic mass is 32.1. The molecule has 0 aliphatic rings. The Bertz CT molecular complexity index is 641. The Morgan fingerprint density at radius 3 is 2.27 bits per heavy atom. The summed E-state index contributed by atoms with van der Waals surface area (Å²) in [4.78, 5) is 0.756. The molecule has 0 atom stereocenters. The third-order valence-corrected chi connectivity index (χ3v) is 4.03. The van der Waals surface area contributed by atoms with Gasteiger partial charge in [0.05, 0.1) is 7.11 Å². The van der Waals surface area contributed by atoms with Crippen LogP contribution in [0.3, 0.4) is 0 Å². The first-order valence-corrected chi connectivity index (χ1v) is 7.83. The van der Waals surface area contributed by atoms with Gasteiger partial charge in [0.2, 0.25) is 0 Å². The third-order valence-electron chi connectivity index (χ3n) is 3.65. The SMILES string of the molecule is COc1ccccc1CNC(=S)c1ccc(C(C)(C)C)cc1. The van der Waals surface area contributed by atoms with E-state index in [0.717, 1.165) is 21.9 Å². The van der Waals surface area contributed by atoms with E-state index in [-0.39, 0.29) is 5.41 Å². The van der Waals surface area contributed by atoms with Crippen molar-refractivity contribution in [1.29, 1.82) is 0 Å². The van der Waals surface area contributed by atoms with Gasteiger partial charge in [-0.1, -0.05) is 75.5 Å². The fraction of sp³-hybridized carbons (Fsp3) is 0.316. The predicted molar refractivity (Wildman–Crippen MR) is 96.7 cm³/mol. The second kappa shape index (κ2) is 6.93. The minimum Gasteiger partial charge on any atom is -0.496 e. The fourth-order valence-corrected chi connectivity index (χ4v) is 2.46. The molecular formula is C19H23NOS. The lowest BCUT2D eigenvalue weighted by atomic mass is 9.87. The largest absolute Gasteiger partial charge is 0.496 e. The summed E-state index contributed by atoms with van der Waals surface area (Å²) in [6.45, 7) is 7.28. The molecule has 0 fully saturated rings. The van der Waals surface area contributed by atoms with E-state index < -0.39 is 0 Å². The fourth-order valence-electron chi connectivity index (χ4n) is 2.25. The van der Waals surface area contributed by atoms with Crippen LogP contribution in [-0.4, -0.2) is 12.1 Å². The normalized spacial score (nSPS) is 11.1. The maximum absolute atomic E-state index is 5.48. The van der Waals surface area contributed by atoms with E-state index in [4.69, 9.17) is 17.0 Å². The molecule has 0 saturated heterocycles. The molecule has 3 heteroatoms. The van der Waals surface area contributed by atoms with Gasteiger partial charge >= 0.3 is 0 Å². The summed E-state index contributed by atoms with van der Waals surface area (Å²) < 4.78 is 5.35. The first-order valence-electron chi connectivity index (χ1n) is 7.42. The number of hydrogen-bond acceptors (Lipinski definition) is 2. The van der Waals surface area contributed by atoms with Gasteiger partial charge in [0, 0.05) is 17.7 Å². The van der Waals surface area contributed by atoms with Gasteiger partial charge in [0.15, 0.2) is 0 Å². The van der Waals surface area contributed by atoms with Crippen molar-refractivity contribution in [2.75, 3.05) is 7.11 Å². The predicted octanol–water partition coefficient (Wildman–Crippen LogP) is 4.46. The molecule has 2 aromatic rings. The Hall–Kier alpha value is -1.87. The Labute approximate surface area is 138 Å². The molecule has 0 saturated carbocycles. The molecule has 22 heavy (non-hydrogen) atoms. The molecule has 1 N–H and O–H groups in total. The van der Waals surface area contributed by atoms with Gasteiger partial charge in [-0.05, 0) is 17.0 Å². The van der Waals surface area contributed by atoms with Crippen molar-refractivity contribution < 1.29 is 4.74 Å². The zero-order chi connectivity index (χ0) is 16.2. The average Bonchev–Trinajstić information content (AvgIpc) is 2.52. The van der Waals surface area contributed by atoms with Crippen LogP contribution in [0.1, 0.15) is 37.5 Å². The van der Waals surface area contributed by atoms with Crippen molar-refractivity contribution in [3.8, 4) is 5.75 Å². The van der Waals surface area contributed by atoms with Gasteiger partial charge in [-0.2, -0.15) is 0 Å². The van der Waals surface area contributed by atoms with E-state index >= 15 is 0 Å². The number of benzene rings is 2. The minimum atomic E-state index is 0.158. The molecule has 116 valence electrons. The molecule has 0 bridgehead atoms. The summed E-state index contributed by atoms with van der Waals surface area (Å²) in [6.07, 6.45) is 0. The van der Waals surface area contributed by atoms with Crippen LogP contribution in [0.4, 0.5) is 0 Å². The quantitative estimate of drug-likeness (QED) is 0.842. The summed E-state index contributed by atoms with van der Waals surface area (Å²) >= 11 is 5.48. The van der Waals surface area contributed by atoms with Crippen molar-refractivity contribution in [3.05, 3.63) is 65.2 Å². The number of nitrogens with one attached hydrogen (secondary N) is 1.